The van der Waals surface area contributed by atoms with Gasteiger partial charge in [-0.25, -0.2) is 4.79 Å². The number of esters is 1. The Labute approximate surface area is 169 Å². The van der Waals surface area contributed by atoms with E-state index in [1.807, 2.05) is 0 Å². The molecular weight excluding hydrogens is 380 g/mol. The van der Waals surface area contributed by atoms with Crippen molar-refractivity contribution in [2.45, 2.75) is 75.5 Å². The predicted octanol–water partition coefficient (Wildman–Crippen LogP) is 0.0356. The maximum Gasteiger partial charge on any atom is 0.334 e. The zero-order valence-corrected chi connectivity index (χ0v) is 16.6. The number of hydrogen-bond acceptors (Lipinski definition) is 8. The fraction of sp³-hybridized carbons (Fsp3) is 0.762. The Hall–Kier alpha value is -1.29. The van der Waals surface area contributed by atoms with Gasteiger partial charge in [0.25, 0.3) is 0 Å². The molecule has 0 amide bonds. The molecule has 2 aliphatic heterocycles. The van der Waals surface area contributed by atoms with Crippen molar-refractivity contribution in [1.82, 2.24) is 0 Å². The largest absolute Gasteiger partial charge is 0.458 e. The average molecular weight is 410 g/mol. The zero-order valence-electron chi connectivity index (χ0n) is 16.6. The van der Waals surface area contributed by atoms with Crippen LogP contribution in [0, 0.1) is 17.3 Å². The third kappa shape index (κ3) is 3.17. The maximum atomic E-state index is 12.1. The van der Waals surface area contributed by atoms with Gasteiger partial charge < -0.3 is 34.6 Å². The summed E-state index contributed by atoms with van der Waals surface area (Å²) in [6, 6.07) is 0. The van der Waals surface area contributed by atoms with Gasteiger partial charge in [0, 0.05) is 22.8 Å². The van der Waals surface area contributed by atoms with Crippen LogP contribution in [0.2, 0.25) is 0 Å². The molecule has 29 heavy (non-hydrogen) atoms. The van der Waals surface area contributed by atoms with E-state index in [0.29, 0.717) is 18.4 Å². The summed E-state index contributed by atoms with van der Waals surface area (Å²) in [5.74, 6) is -0.481. The van der Waals surface area contributed by atoms with Crippen molar-refractivity contribution < 1.29 is 39.4 Å². The number of carbonyl (C=O) groups is 1. The average Bonchev–Trinajstić information content (AvgIpc) is 2.97. The van der Waals surface area contributed by atoms with Gasteiger partial charge in [-0.15, -0.1) is 0 Å². The van der Waals surface area contributed by atoms with Crippen LogP contribution in [0.3, 0.4) is 0 Å². The lowest BCUT2D eigenvalue weighted by Gasteiger charge is -2.55. The Morgan fingerprint density at radius 1 is 1.17 bits per heavy atom. The predicted molar refractivity (Wildman–Crippen MR) is 100 cm³/mol. The second kappa shape index (κ2) is 7.44. The molecule has 8 heteroatoms. The minimum Gasteiger partial charge on any atom is -0.458 e. The van der Waals surface area contributed by atoms with Crippen LogP contribution in [0.15, 0.2) is 24.3 Å². The molecule has 0 aromatic rings. The minimum atomic E-state index is -1.48. The number of carbonyl (C=O) groups excluding carboxylic acids is 1. The summed E-state index contributed by atoms with van der Waals surface area (Å²) in [5.41, 5.74) is 1.13. The highest BCUT2D eigenvalue weighted by Crippen LogP contribution is 2.58. The first-order chi connectivity index (χ1) is 13.7. The van der Waals surface area contributed by atoms with Gasteiger partial charge in [0.2, 0.25) is 0 Å². The first kappa shape index (κ1) is 21.0. The third-order valence-corrected chi connectivity index (χ3v) is 7.43. The second-order valence-corrected chi connectivity index (χ2v) is 9.04. The third-order valence-electron chi connectivity index (χ3n) is 7.43. The van der Waals surface area contributed by atoms with Gasteiger partial charge in [0.1, 0.15) is 30.5 Å². The fourth-order valence-electron chi connectivity index (χ4n) is 5.69. The SMILES string of the molecule is C=C1CC[C@@H](O[C@@H]2O[C@H](CO)[C@@H](O)[C@H](O)[C@H]2O)[C@]2(C)CC[C@H]3C(=C)C(=O)O[C@@H]3[C@@H]12. The Balaban J connectivity index is 1.57. The Morgan fingerprint density at radius 3 is 2.59 bits per heavy atom. The molecule has 162 valence electrons. The summed E-state index contributed by atoms with van der Waals surface area (Å²) < 4.78 is 17.4. The zero-order chi connectivity index (χ0) is 21.1. The van der Waals surface area contributed by atoms with Crippen molar-refractivity contribution in [3.05, 3.63) is 24.3 Å². The standard InChI is InChI=1S/C21H30O8/c1-9-4-5-13(28-20-17(25)16(24)15(23)12(8-22)27-20)21(3)7-6-11-10(2)19(26)29-18(11)14(9)21/h11-18,20,22-25H,1-2,4-8H2,3H3/t11-,12+,13+,14+,15+,16-,17+,18-,20-,21-/m0/s1. The summed E-state index contributed by atoms with van der Waals surface area (Å²) in [6.45, 7) is 9.70. The van der Waals surface area contributed by atoms with Crippen LogP contribution in [0.1, 0.15) is 32.6 Å². The normalized spacial score (nSPS) is 50.1. The molecule has 0 bridgehead atoms. The molecule has 4 rings (SSSR count). The molecule has 2 saturated carbocycles. The number of ether oxygens (including phenoxy) is 3. The Kier molecular flexibility index (Phi) is 5.38. The molecule has 0 radical (unpaired) electrons. The lowest BCUT2D eigenvalue weighted by molar-refractivity contribution is -0.325. The van der Waals surface area contributed by atoms with Gasteiger partial charge in [0.15, 0.2) is 6.29 Å². The number of aliphatic hydroxyl groups excluding tert-OH is 4. The molecule has 0 aromatic heterocycles. The van der Waals surface area contributed by atoms with E-state index >= 15 is 0 Å². The molecule has 0 spiro atoms. The molecule has 2 heterocycles. The fourth-order valence-corrected chi connectivity index (χ4v) is 5.69. The van der Waals surface area contributed by atoms with Crippen molar-refractivity contribution in [2.24, 2.45) is 17.3 Å². The Morgan fingerprint density at radius 2 is 1.90 bits per heavy atom. The van der Waals surface area contributed by atoms with Crippen LogP contribution in [0.4, 0.5) is 0 Å². The van der Waals surface area contributed by atoms with Gasteiger partial charge in [-0.1, -0.05) is 25.7 Å². The monoisotopic (exact) mass is 410 g/mol. The first-order valence-corrected chi connectivity index (χ1v) is 10.2. The second-order valence-electron chi connectivity index (χ2n) is 9.04. The number of fused-ring (bicyclic) bond motifs is 3. The lowest BCUT2D eigenvalue weighted by Crippen LogP contribution is -2.61. The van der Waals surface area contributed by atoms with Crippen LogP contribution < -0.4 is 0 Å². The van der Waals surface area contributed by atoms with Crippen LogP contribution in [-0.2, 0) is 19.0 Å². The first-order valence-electron chi connectivity index (χ1n) is 10.2. The quantitative estimate of drug-likeness (QED) is 0.292. The number of rotatable bonds is 3. The molecule has 4 fully saturated rings. The van der Waals surface area contributed by atoms with E-state index in [-0.39, 0.29) is 30.0 Å². The van der Waals surface area contributed by atoms with Gasteiger partial charge in [0.05, 0.1) is 12.7 Å². The summed E-state index contributed by atoms with van der Waals surface area (Å²) in [6.07, 6.45) is -4.39. The maximum absolute atomic E-state index is 12.1. The lowest BCUT2D eigenvalue weighted by atomic mass is 9.54. The van der Waals surface area contributed by atoms with Gasteiger partial charge >= 0.3 is 5.97 Å². The van der Waals surface area contributed by atoms with E-state index in [1.54, 1.807) is 0 Å². The van der Waals surface area contributed by atoms with E-state index < -0.39 is 42.7 Å². The van der Waals surface area contributed by atoms with Crippen LogP contribution in [-0.4, -0.2) is 75.9 Å². The van der Waals surface area contributed by atoms with Crippen LogP contribution in [0.25, 0.3) is 0 Å². The van der Waals surface area contributed by atoms with Gasteiger partial charge in [-0.2, -0.15) is 0 Å². The smallest absolute Gasteiger partial charge is 0.334 e. The van der Waals surface area contributed by atoms with Crippen molar-refractivity contribution in [3.8, 4) is 0 Å². The molecule has 2 saturated heterocycles. The highest BCUT2D eigenvalue weighted by atomic mass is 16.7. The van der Waals surface area contributed by atoms with Crippen molar-refractivity contribution in [3.63, 3.8) is 0 Å². The van der Waals surface area contributed by atoms with Crippen molar-refractivity contribution >= 4 is 5.97 Å². The minimum absolute atomic E-state index is 0.0247. The molecule has 4 aliphatic rings. The highest BCUT2D eigenvalue weighted by molar-refractivity contribution is 5.91. The van der Waals surface area contributed by atoms with E-state index in [9.17, 15) is 25.2 Å². The molecular formula is C21H30O8. The number of hydrogen-bond donors (Lipinski definition) is 4. The molecule has 0 aromatic carbocycles. The van der Waals surface area contributed by atoms with E-state index in [0.717, 1.165) is 18.4 Å². The molecule has 8 nitrogen and oxygen atoms in total. The van der Waals surface area contributed by atoms with Crippen LogP contribution in [0.5, 0.6) is 0 Å². The Bertz CT molecular complexity index is 705. The molecule has 0 unspecified atom stereocenters. The number of aliphatic hydroxyl groups is 4. The van der Waals surface area contributed by atoms with Gasteiger partial charge in [-0.3, -0.25) is 0 Å². The van der Waals surface area contributed by atoms with Crippen LogP contribution >= 0.6 is 0 Å². The summed E-state index contributed by atoms with van der Waals surface area (Å²) >= 11 is 0. The van der Waals surface area contributed by atoms with Crippen molar-refractivity contribution in [2.75, 3.05) is 6.61 Å². The summed E-state index contributed by atoms with van der Waals surface area (Å²) in [7, 11) is 0. The molecule has 2 aliphatic carbocycles. The van der Waals surface area contributed by atoms with Crippen molar-refractivity contribution in [1.29, 1.82) is 0 Å². The molecule has 10 atom stereocenters. The van der Waals surface area contributed by atoms with E-state index in [1.165, 1.54) is 0 Å². The van der Waals surface area contributed by atoms with Gasteiger partial charge in [-0.05, 0) is 25.7 Å². The van der Waals surface area contributed by atoms with E-state index in [2.05, 4.69) is 20.1 Å². The topological polar surface area (TPSA) is 126 Å². The highest BCUT2D eigenvalue weighted by Gasteiger charge is 2.59. The summed E-state index contributed by atoms with van der Waals surface area (Å²) in [4.78, 5) is 12.1. The summed E-state index contributed by atoms with van der Waals surface area (Å²) in [5, 5.41) is 39.8. The van der Waals surface area contributed by atoms with E-state index in [4.69, 9.17) is 14.2 Å². The molecule has 4 N–H and O–H groups in total.